The lowest BCUT2D eigenvalue weighted by atomic mass is 9.91. The Morgan fingerprint density at radius 2 is 1.65 bits per heavy atom. The molecule has 0 saturated carbocycles. The van der Waals surface area contributed by atoms with Crippen molar-refractivity contribution in [3.05, 3.63) is 69.8 Å². The maximum Gasteiger partial charge on any atom is 0.0953 e. The van der Waals surface area contributed by atoms with E-state index in [2.05, 4.69) is 0 Å². The van der Waals surface area contributed by atoms with Crippen LogP contribution >= 0.6 is 11.6 Å². The van der Waals surface area contributed by atoms with Crippen molar-refractivity contribution in [3.8, 4) is 0 Å². The van der Waals surface area contributed by atoms with Crippen molar-refractivity contribution in [3.63, 3.8) is 0 Å². The number of hydrogen-bond acceptors (Lipinski definition) is 4. The number of para-hydroxylation sites is 2. The summed E-state index contributed by atoms with van der Waals surface area (Å²) in [4.78, 5) is 14.4. The number of benzene rings is 2. The van der Waals surface area contributed by atoms with Gasteiger partial charge in [-0.25, -0.2) is 9.97 Å². The van der Waals surface area contributed by atoms with Crippen LogP contribution in [0.25, 0.3) is 22.7 Å². The van der Waals surface area contributed by atoms with Crippen LogP contribution in [0.5, 0.6) is 0 Å². The molecule has 0 radical (unpaired) electrons. The lowest BCUT2D eigenvalue weighted by Crippen LogP contribution is -2.47. The van der Waals surface area contributed by atoms with Crippen LogP contribution in [0, 0.1) is 0 Å². The minimum atomic E-state index is -0.360. The highest BCUT2D eigenvalue weighted by molar-refractivity contribution is 6.30. The second-order valence-corrected chi connectivity index (χ2v) is 7.07. The molecule has 0 bridgehead atoms. The lowest BCUT2D eigenvalue weighted by molar-refractivity contribution is 0.828. The zero-order chi connectivity index (χ0) is 18.3. The minimum absolute atomic E-state index is 0.147. The monoisotopic (exact) mass is 362 g/mol. The van der Waals surface area contributed by atoms with E-state index in [0.717, 1.165) is 38.6 Å². The highest BCUT2D eigenvalue weighted by Crippen LogP contribution is 2.20. The van der Waals surface area contributed by atoms with Crippen molar-refractivity contribution < 1.29 is 0 Å². The first-order chi connectivity index (χ1) is 12.5. The Bertz CT molecular complexity index is 1130. The van der Waals surface area contributed by atoms with Crippen LogP contribution < -0.4 is 16.4 Å². The third-order valence-corrected chi connectivity index (χ3v) is 4.58. The first-order valence-electron chi connectivity index (χ1n) is 8.61. The van der Waals surface area contributed by atoms with Crippen LogP contribution in [0.2, 0.25) is 5.02 Å². The molecule has 0 saturated heterocycles. The molecular weight excluding hydrogens is 344 g/mol. The standard InChI is InChI=1S/C21H19ClN4/c1-12(2)24-17-11-18-21(26-16-6-4-3-5-15(16)25-18)19(20(17)23)13-7-9-14(22)10-8-13/h3-12,20H,23H2,1-2H3. The van der Waals surface area contributed by atoms with E-state index in [0.29, 0.717) is 5.02 Å². The van der Waals surface area contributed by atoms with Crippen molar-refractivity contribution in [2.75, 3.05) is 0 Å². The summed E-state index contributed by atoms with van der Waals surface area (Å²) in [5.74, 6) is 0. The summed E-state index contributed by atoms with van der Waals surface area (Å²) in [6, 6.07) is 15.3. The van der Waals surface area contributed by atoms with Crippen LogP contribution in [0.15, 0.2) is 53.5 Å². The maximum atomic E-state index is 6.60. The number of fused-ring (bicyclic) bond motifs is 2. The topological polar surface area (TPSA) is 64.2 Å². The molecule has 4 nitrogen and oxygen atoms in total. The summed E-state index contributed by atoms with van der Waals surface area (Å²) in [5.41, 5.74) is 11.0. The van der Waals surface area contributed by atoms with Gasteiger partial charge in [-0.3, -0.25) is 4.99 Å². The van der Waals surface area contributed by atoms with Gasteiger partial charge in [-0.05, 0) is 49.8 Å². The third-order valence-electron chi connectivity index (χ3n) is 4.33. The zero-order valence-corrected chi connectivity index (χ0v) is 15.4. The fourth-order valence-corrected chi connectivity index (χ4v) is 3.32. The quantitative estimate of drug-likeness (QED) is 0.761. The second-order valence-electron chi connectivity index (χ2n) is 6.64. The van der Waals surface area contributed by atoms with Gasteiger partial charge in [0.2, 0.25) is 0 Å². The van der Waals surface area contributed by atoms with Crippen molar-refractivity contribution in [1.29, 1.82) is 0 Å². The van der Waals surface area contributed by atoms with Gasteiger partial charge in [-0.2, -0.15) is 0 Å². The molecule has 0 aliphatic heterocycles. The Kier molecular flexibility index (Phi) is 4.31. The molecule has 2 aromatic carbocycles. The van der Waals surface area contributed by atoms with Gasteiger partial charge in [0.15, 0.2) is 0 Å². The smallest absolute Gasteiger partial charge is 0.0953 e. The molecule has 26 heavy (non-hydrogen) atoms. The van der Waals surface area contributed by atoms with Gasteiger partial charge < -0.3 is 5.73 Å². The summed E-state index contributed by atoms with van der Waals surface area (Å²) in [6.07, 6.45) is 1.96. The molecule has 0 fully saturated rings. The number of nitrogens with two attached hydrogens (primary N) is 1. The average Bonchev–Trinajstić information content (AvgIpc) is 2.62. The average molecular weight is 363 g/mol. The Balaban J connectivity index is 2.10. The Hall–Kier alpha value is -2.56. The predicted molar refractivity (Wildman–Crippen MR) is 108 cm³/mol. The van der Waals surface area contributed by atoms with Gasteiger partial charge in [-0.15, -0.1) is 0 Å². The second kappa shape index (κ2) is 6.63. The minimum Gasteiger partial charge on any atom is -0.319 e. The van der Waals surface area contributed by atoms with Gasteiger partial charge in [0.25, 0.3) is 0 Å². The van der Waals surface area contributed by atoms with E-state index in [1.54, 1.807) is 0 Å². The van der Waals surface area contributed by atoms with E-state index in [1.807, 2.05) is 68.5 Å². The van der Waals surface area contributed by atoms with E-state index < -0.39 is 0 Å². The van der Waals surface area contributed by atoms with Crippen molar-refractivity contribution >= 4 is 40.0 Å². The number of aromatic nitrogens is 2. The van der Waals surface area contributed by atoms with Gasteiger partial charge >= 0.3 is 0 Å². The van der Waals surface area contributed by atoms with Crippen molar-refractivity contribution in [1.82, 2.24) is 9.97 Å². The molecule has 130 valence electrons. The fraction of sp³-hybridized carbons (Fsp3) is 0.190. The highest BCUT2D eigenvalue weighted by atomic mass is 35.5. The number of nitrogens with zero attached hydrogens (tertiary/aromatic N) is 3. The third kappa shape index (κ3) is 3.02. The summed E-state index contributed by atoms with van der Waals surface area (Å²) in [7, 11) is 0. The van der Waals surface area contributed by atoms with Crippen molar-refractivity contribution in [2.24, 2.45) is 10.7 Å². The summed E-state index contributed by atoms with van der Waals surface area (Å²) in [6.45, 7) is 4.08. The van der Waals surface area contributed by atoms with E-state index in [9.17, 15) is 0 Å². The lowest BCUT2D eigenvalue weighted by Gasteiger charge is -2.21. The van der Waals surface area contributed by atoms with Crippen LogP contribution in [0.4, 0.5) is 0 Å². The summed E-state index contributed by atoms with van der Waals surface area (Å²) < 4.78 is 0. The van der Waals surface area contributed by atoms with Gasteiger partial charge in [0.1, 0.15) is 0 Å². The van der Waals surface area contributed by atoms with E-state index in [-0.39, 0.29) is 12.1 Å². The van der Waals surface area contributed by atoms with Crippen LogP contribution in [-0.2, 0) is 0 Å². The van der Waals surface area contributed by atoms with Gasteiger partial charge in [-0.1, -0.05) is 35.9 Å². The van der Waals surface area contributed by atoms with Gasteiger partial charge in [0.05, 0.1) is 33.5 Å². The van der Waals surface area contributed by atoms with Gasteiger partial charge in [0, 0.05) is 16.6 Å². The molecule has 0 spiro atoms. The molecule has 5 heteroatoms. The van der Waals surface area contributed by atoms with Crippen molar-refractivity contribution in [2.45, 2.75) is 25.9 Å². The Morgan fingerprint density at radius 3 is 2.31 bits per heavy atom. The molecule has 2 N–H and O–H groups in total. The largest absolute Gasteiger partial charge is 0.319 e. The summed E-state index contributed by atoms with van der Waals surface area (Å²) in [5, 5.41) is 2.29. The fourth-order valence-electron chi connectivity index (χ4n) is 3.20. The molecule has 1 aromatic heterocycles. The molecule has 3 aromatic rings. The zero-order valence-electron chi connectivity index (χ0n) is 14.6. The molecule has 1 aliphatic rings. The molecule has 1 atom stereocenters. The molecule has 0 amide bonds. The van der Waals surface area contributed by atoms with E-state index >= 15 is 0 Å². The Morgan fingerprint density at radius 1 is 1.00 bits per heavy atom. The Labute approximate surface area is 156 Å². The molecule has 4 rings (SSSR count). The molecule has 1 aliphatic carbocycles. The molecule has 1 heterocycles. The summed E-state index contributed by atoms with van der Waals surface area (Å²) >= 11 is 6.06. The SMILES string of the molecule is CC(C)N=C1C=c2nc3ccccc3nc2=C(c2ccc(Cl)cc2)C1N. The van der Waals surface area contributed by atoms with Crippen LogP contribution in [0.3, 0.4) is 0 Å². The van der Waals surface area contributed by atoms with E-state index in [4.69, 9.17) is 32.3 Å². The highest BCUT2D eigenvalue weighted by Gasteiger charge is 2.23. The molecule has 1 unspecified atom stereocenters. The number of hydrogen-bond donors (Lipinski definition) is 1. The maximum absolute atomic E-state index is 6.60. The number of rotatable bonds is 2. The molecular formula is C21H19ClN4. The van der Waals surface area contributed by atoms with Crippen LogP contribution in [-0.4, -0.2) is 27.8 Å². The predicted octanol–water partition coefficient (Wildman–Crippen LogP) is 2.45. The van der Waals surface area contributed by atoms with Crippen LogP contribution in [0.1, 0.15) is 19.4 Å². The first kappa shape index (κ1) is 16.9. The number of halogens is 1. The number of aliphatic imine (C=N–C) groups is 1. The normalized spacial score (nSPS) is 18.3. The first-order valence-corrected chi connectivity index (χ1v) is 8.98. The van der Waals surface area contributed by atoms with E-state index in [1.165, 1.54) is 0 Å².